The highest BCUT2D eigenvalue weighted by molar-refractivity contribution is 6.80. The van der Waals surface area contributed by atoms with Gasteiger partial charge in [0, 0.05) is 6.42 Å². The Morgan fingerprint density at radius 1 is 1.08 bits per heavy atom. The first-order chi connectivity index (χ1) is 11.9. The van der Waals surface area contributed by atoms with E-state index in [1.165, 1.54) is 0 Å². The van der Waals surface area contributed by atoms with Gasteiger partial charge in [0.15, 0.2) is 0 Å². The van der Waals surface area contributed by atoms with Crippen LogP contribution in [-0.2, 0) is 15.6 Å². The molecule has 0 spiro atoms. The molecule has 1 aromatic carbocycles. The lowest BCUT2D eigenvalue weighted by Crippen LogP contribution is -2.56. The average molecular weight is 380 g/mol. The molecule has 5 nitrogen and oxygen atoms in total. The number of carbonyl (C=O) groups excluding carboxylic acids is 1. The number of carboxylic acid groups (broad SMARTS) is 1. The maximum absolute atomic E-state index is 12.7. The fourth-order valence-corrected chi connectivity index (χ4v) is 10.1. The van der Waals surface area contributed by atoms with Crippen LogP contribution in [0.25, 0.3) is 0 Å². The van der Waals surface area contributed by atoms with Crippen molar-refractivity contribution in [1.82, 2.24) is 5.32 Å². The summed E-state index contributed by atoms with van der Waals surface area (Å²) in [5, 5.41) is 11.9. The number of aliphatic carboxylic acids is 1. The van der Waals surface area contributed by atoms with E-state index in [4.69, 9.17) is 4.43 Å². The van der Waals surface area contributed by atoms with Gasteiger partial charge < -0.3 is 14.8 Å². The predicted molar refractivity (Wildman–Crippen MR) is 107 cm³/mol. The summed E-state index contributed by atoms with van der Waals surface area (Å²) in [5.74, 6) is -1.07. The molecule has 6 heteroatoms. The predicted octanol–water partition coefficient (Wildman–Crippen LogP) is 4.97. The summed E-state index contributed by atoms with van der Waals surface area (Å²) in [7, 11) is -2.51. The highest BCUT2D eigenvalue weighted by Crippen LogP contribution is 2.50. The van der Waals surface area contributed by atoms with Gasteiger partial charge in [-0.15, -0.1) is 0 Å². The Labute approximate surface area is 158 Å². The van der Waals surface area contributed by atoms with Crippen LogP contribution in [0.3, 0.4) is 0 Å². The van der Waals surface area contributed by atoms with Crippen molar-refractivity contribution in [3.8, 4) is 0 Å². The molecule has 0 fully saturated rings. The smallest absolute Gasteiger partial charge is 0.394 e. The van der Waals surface area contributed by atoms with Gasteiger partial charge in [-0.3, -0.25) is 0 Å². The molecule has 1 rings (SSSR count). The largest absolute Gasteiger partial charge is 0.502 e. The van der Waals surface area contributed by atoms with Gasteiger partial charge in [0.1, 0.15) is 6.04 Å². The molecular formula is C20H33NO4Si. The normalized spacial score (nSPS) is 13.6. The number of rotatable bonds is 7. The fraction of sp³-hybridized carbons (Fsp3) is 0.600. The van der Waals surface area contributed by atoms with E-state index in [9.17, 15) is 14.7 Å². The zero-order valence-corrected chi connectivity index (χ0v) is 18.0. The number of carboxylic acids is 1. The van der Waals surface area contributed by atoms with E-state index < -0.39 is 26.4 Å². The molecule has 1 atom stereocenters. The van der Waals surface area contributed by atoms with Gasteiger partial charge >= 0.3 is 12.1 Å². The second-order valence-corrected chi connectivity index (χ2v) is 14.1. The van der Waals surface area contributed by atoms with Crippen LogP contribution in [-0.4, -0.2) is 31.5 Å². The summed E-state index contributed by atoms with van der Waals surface area (Å²) in [5.41, 5.74) is 1.28. The lowest BCUT2D eigenvalue weighted by Gasteiger charge is -2.47. The number of benzene rings is 1. The molecule has 0 unspecified atom stereocenters. The Morgan fingerprint density at radius 2 is 1.58 bits per heavy atom. The molecule has 0 radical (unpaired) electrons. The molecule has 1 aromatic rings. The van der Waals surface area contributed by atoms with Crippen LogP contribution in [0.4, 0.5) is 4.79 Å². The van der Waals surface area contributed by atoms with Gasteiger partial charge in [0.25, 0.3) is 8.32 Å². The van der Waals surface area contributed by atoms with Crippen LogP contribution in [0.15, 0.2) is 30.3 Å². The van der Waals surface area contributed by atoms with Gasteiger partial charge in [0.05, 0.1) is 0 Å². The van der Waals surface area contributed by atoms with Crippen molar-refractivity contribution < 1.29 is 19.1 Å². The summed E-state index contributed by atoms with van der Waals surface area (Å²) in [6, 6.07) is 8.24. The number of amides is 1. The summed E-state index contributed by atoms with van der Waals surface area (Å²) in [6.45, 7) is 14.7. The summed E-state index contributed by atoms with van der Waals surface area (Å²) in [4.78, 5) is 24.3. The van der Waals surface area contributed by atoms with Gasteiger partial charge in [-0.2, -0.15) is 0 Å². The van der Waals surface area contributed by atoms with Crippen molar-refractivity contribution >= 4 is 20.4 Å². The molecule has 0 saturated heterocycles. The van der Waals surface area contributed by atoms with E-state index >= 15 is 0 Å². The number of hydrogen-bond acceptors (Lipinski definition) is 3. The number of hydrogen-bond donors (Lipinski definition) is 2. The quantitative estimate of drug-likeness (QED) is 0.656. The third kappa shape index (κ3) is 5.10. The standard InChI is InChI=1S/C20H33NO4Si/c1-14(2)26(15(3)4,20(5,6)7)25-19(24)21-17(18(22)23)13-16-11-9-8-10-12-16/h8-12,14-15,17H,13H2,1-7H3,(H,21,24)(H,22,23)/t17-/m0/s1. The molecule has 1 amide bonds. The minimum Gasteiger partial charge on any atom is -0.502 e. The van der Waals surface area contributed by atoms with Crippen molar-refractivity contribution in [2.24, 2.45) is 0 Å². The molecule has 0 aliphatic carbocycles. The second kappa shape index (κ2) is 8.71. The molecule has 0 heterocycles. The molecule has 0 saturated carbocycles. The Balaban J connectivity index is 2.99. The van der Waals surface area contributed by atoms with Crippen LogP contribution in [0.5, 0.6) is 0 Å². The van der Waals surface area contributed by atoms with Crippen LogP contribution < -0.4 is 5.32 Å². The maximum Gasteiger partial charge on any atom is 0.394 e. The first kappa shape index (κ1) is 22.2. The molecule has 0 aliphatic heterocycles. The van der Waals surface area contributed by atoms with Gasteiger partial charge in [-0.05, 0) is 21.7 Å². The highest BCUT2D eigenvalue weighted by atomic mass is 28.4. The third-order valence-corrected chi connectivity index (χ3v) is 11.3. The van der Waals surface area contributed by atoms with E-state index in [2.05, 4.69) is 53.8 Å². The van der Waals surface area contributed by atoms with E-state index in [1.54, 1.807) is 0 Å². The lowest BCUT2D eigenvalue weighted by atomic mass is 10.1. The monoisotopic (exact) mass is 379 g/mol. The first-order valence-corrected chi connectivity index (χ1v) is 11.2. The fourth-order valence-electron chi connectivity index (χ4n) is 4.16. The van der Waals surface area contributed by atoms with Crippen LogP contribution in [0, 0.1) is 0 Å². The molecule has 0 aromatic heterocycles. The van der Waals surface area contributed by atoms with E-state index in [0.717, 1.165) is 5.56 Å². The molecular weight excluding hydrogens is 346 g/mol. The summed E-state index contributed by atoms with van der Waals surface area (Å²) in [6.07, 6.45) is -0.407. The van der Waals surface area contributed by atoms with Crippen molar-refractivity contribution in [1.29, 1.82) is 0 Å². The van der Waals surface area contributed by atoms with Crippen molar-refractivity contribution in [3.05, 3.63) is 35.9 Å². The molecule has 146 valence electrons. The average Bonchev–Trinajstić information content (AvgIpc) is 2.50. The third-order valence-electron chi connectivity index (χ3n) is 5.02. The summed E-state index contributed by atoms with van der Waals surface area (Å²) < 4.78 is 6.07. The zero-order chi connectivity index (χ0) is 20.1. The Kier molecular flexibility index (Phi) is 7.44. The van der Waals surface area contributed by atoms with Crippen molar-refractivity contribution in [2.45, 2.75) is 77.0 Å². The van der Waals surface area contributed by atoms with Gasteiger partial charge in [0.2, 0.25) is 0 Å². The van der Waals surface area contributed by atoms with E-state index in [-0.39, 0.29) is 22.5 Å². The molecule has 26 heavy (non-hydrogen) atoms. The highest BCUT2D eigenvalue weighted by Gasteiger charge is 2.54. The van der Waals surface area contributed by atoms with Gasteiger partial charge in [-0.25, -0.2) is 9.59 Å². The van der Waals surface area contributed by atoms with Gasteiger partial charge in [-0.1, -0.05) is 78.8 Å². The van der Waals surface area contributed by atoms with Crippen LogP contribution in [0.2, 0.25) is 16.1 Å². The van der Waals surface area contributed by atoms with Crippen molar-refractivity contribution in [2.75, 3.05) is 0 Å². The molecule has 0 bridgehead atoms. The first-order valence-electron chi connectivity index (χ1n) is 9.18. The number of nitrogens with one attached hydrogen (secondary N) is 1. The maximum atomic E-state index is 12.7. The van der Waals surface area contributed by atoms with Crippen LogP contribution in [0.1, 0.15) is 54.0 Å². The topological polar surface area (TPSA) is 75.6 Å². The van der Waals surface area contributed by atoms with Crippen LogP contribution >= 0.6 is 0 Å². The van der Waals surface area contributed by atoms with Crippen molar-refractivity contribution in [3.63, 3.8) is 0 Å². The lowest BCUT2D eigenvalue weighted by molar-refractivity contribution is -0.139. The minimum absolute atomic E-state index is 0.162. The Bertz CT molecular complexity index is 600. The Morgan fingerprint density at radius 3 is 1.96 bits per heavy atom. The SMILES string of the molecule is CC(C)[Si](OC(=O)N[C@@H](Cc1ccccc1)C(=O)O)(C(C)C)C(C)(C)C. The van der Waals surface area contributed by atoms with E-state index in [1.807, 2.05) is 30.3 Å². The Hall–Kier alpha value is -1.82. The molecule has 2 N–H and O–H groups in total. The molecule has 0 aliphatic rings. The number of carbonyl (C=O) groups is 2. The zero-order valence-electron chi connectivity index (χ0n) is 17.0. The second-order valence-electron chi connectivity index (χ2n) is 8.47. The van der Waals surface area contributed by atoms with E-state index in [0.29, 0.717) is 0 Å². The minimum atomic E-state index is -2.51. The summed E-state index contributed by atoms with van der Waals surface area (Å²) >= 11 is 0.